The molecule has 0 amide bonds. The molecule has 96 valence electrons. The number of aliphatic hydroxyl groups excluding tert-OH is 1. The Morgan fingerprint density at radius 1 is 1.50 bits per heavy atom. The van der Waals surface area contributed by atoms with Crippen molar-refractivity contribution in [1.29, 1.82) is 5.26 Å². The summed E-state index contributed by atoms with van der Waals surface area (Å²) in [6.45, 7) is 2.32. The summed E-state index contributed by atoms with van der Waals surface area (Å²) in [7, 11) is 0. The molecule has 1 unspecified atom stereocenters. The lowest BCUT2D eigenvalue weighted by Gasteiger charge is -2.23. The Kier molecular flexibility index (Phi) is 4.11. The standard InChI is InChI=1S/C14H16ClNO2/c1-2-18-14-11(15)7-9-5-3-4-6-10(9)13(14)12(17)8-16/h7,12,17H,2-6H2,1H3. The van der Waals surface area contributed by atoms with Crippen molar-refractivity contribution in [3.8, 4) is 11.8 Å². The van der Waals surface area contributed by atoms with Gasteiger partial charge in [0.15, 0.2) is 6.10 Å². The van der Waals surface area contributed by atoms with E-state index in [2.05, 4.69) is 0 Å². The molecule has 1 N–H and O–H groups in total. The molecule has 3 nitrogen and oxygen atoms in total. The van der Waals surface area contributed by atoms with E-state index >= 15 is 0 Å². The van der Waals surface area contributed by atoms with E-state index in [1.807, 2.05) is 19.1 Å². The number of aliphatic hydroxyl groups is 1. The van der Waals surface area contributed by atoms with Gasteiger partial charge in [0.05, 0.1) is 17.7 Å². The van der Waals surface area contributed by atoms with Crippen molar-refractivity contribution >= 4 is 11.6 Å². The summed E-state index contributed by atoms with van der Waals surface area (Å²) in [5.41, 5.74) is 2.75. The molecule has 0 heterocycles. The molecule has 0 saturated carbocycles. The number of fused-ring (bicyclic) bond motifs is 1. The molecule has 1 aromatic carbocycles. The van der Waals surface area contributed by atoms with Crippen molar-refractivity contribution in [3.63, 3.8) is 0 Å². The van der Waals surface area contributed by atoms with Crippen LogP contribution in [0.25, 0.3) is 0 Å². The predicted octanol–water partition coefficient (Wildman–Crippen LogP) is 3.17. The monoisotopic (exact) mass is 265 g/mol. The van der Waals surface area contributed by atoms with Gasteiger partial charge in [0.2, 0.25) is 0 Å². The first-order chi connectivity index (χ1) is 8.69. The van der Waals surface area contributed by atoms with Crippen LogP contribution in [0.2, 0.25) is 5.02 Å². The van der Waals surface area contributed by atoms with E-state index in [-0.39, 0.29) is 0 Å². The minimum Gasteiger partial charge on any atom is -0.492 e. The molecule has 0 fully saturated rings. The number of hydrogen-bond donors (Lipinski definition) is 1. The van der Waals surface area contributed by atoms with Gasteiger partial charge in [-0.2, -0.15) is 5.26 Å². The zero-order valence-corrected chi connectivity index (χ0v) is 11.1. The molecule has 1 aromatic rings. The van der Waals surface area contributed by atoms with Crippen molar-refractivity contribution in [3.05, 3.63) is 27.8 Å². The molecular formula is C14H16ClNO2. The second kappa shape index (κ2) is 5.60. The van der Waals surface area contributed by atoms with Gasteiger partial charge in [-0.25, -0.2) is 0 Å². The molecule has 0 radical (unpaired) electrons. The molecule has 1 aliphatic rings. The van der Waals surface area contributed by atoms with Gasteiger partial charge in [-0.3, -0.25) is 0 Å². The number of nitrogens with zero attached hydrogens (tertiary/aromatic N) is 1. The Labute approximate surface area is 112 Å². The highest BCUT2D eigenvalue weighted by molar-refractivity contribution is 6.32. The fraction of sp³-hybridized carbons (Fsp3) is 0.500. The van der Waals surface area contributed by atoms with Gasteiger partial charge in [0.1, 0.15) is 5.75 Å². The lowest BCUT2D eigenvalue weighted by Crippen LogP contribution is -2.12. The average Bonchev–Trinajstić information content (AvgIpc) is 2.39. The van der Waals surface area contributed by atoms with Gasteiger partial charge in [0.25, 0.3) is 0 Å². The number of rotatable bonds is 3. The lowest BCUT2D eigenvalue weighted by atomic mass is 9.86. The fourth-order valence-electron chi connectivity index (χ4n) is 2.52. The first-order valence-electron chi connectivity index (χ1n) is 6.23. The summed E-state index contributed by atoms with van der Waals surface area (Å²) < 4.78 is 5.51. The maximum Gasteiger partial charge on any atom is 0.169 e. The minimum absolute atomic E-state index is 0.462. The predicted molar refractivity (Wildman–Crippen MR) is 69.8 cm³/mol. The Hall–Kier alpha value is -1.24. The number of halogens is 1. The van der Waals surface area contributed by atoms with E-state index in [1.165, 1.54) is 0 Å². The largest absolute Gasteiger partial charge is 0.492 e. The minimum atomic E-state index is -1.17. The van der Waals surface area contributed by atoms with E-state index in [1.54, 1.807) is 0 Å². The smallest absolute Gasteiger partial charge is 0.169 e. The molecule has 0 aromatic heterocycles. The molecule has 1 atom stereocenters. The van der Waals surface area contributed by atoms with Crippen LogP contribution in [0.3, 0.4) is 0 Å². The molecule has 4 heteroatoms. The highest BCUT2D eigenvalue weighted by Gasteiger charge is 2.25. The van der Waals surface area contributed by atoms with E-state index in [0.717, 1.165) is 36.8 Å². The van der Waals surface area contributed by atoms with Gasteiger partial charge < -0.3 is 9.84 Å². The van der Waals surface area contributed by atoms with Crippen molar-refractivity contribution in [2.45, 2.75) is 38.7 Å². The van der Waals surface area contributed by atoms with Crippen LogP contribution in [0.1, 0.15) is 42.6 Å². The summed E-state index contributed by atoms with van der Waals surface area (Å²) in [5.74, 6) is 0.467. The highest BCUT2D eigenvalue weighted by Crippen LogP contribution is 2.40. The van der Waals surface area contributed by atoms with Crippen LogP contribution in [0.5, 0.6) is 5.75 Å². The number of aryl methyl sites for hydroxylation is 1. The first kappa shape index (κ1) is 13.2. The van der Waals surface area contributed by atoms with Crippen LogP contribution < -0.4 is 4.74 Å². The van der Waals surface area contributed by atoms with E-state index in [0.29, 0.717) is 22.9 Å². The zero-order chi connectivity index (χ0) is 13.1. The molecule has 0 aliphatic heterocycles. The molecule has 0 saturated heterocycles. The number of ether oxygens (including phenoxy) is 1. The summed E-state index contributed by atoms with van der Waals surface area (Å²) >= 11 is 6.20. The molecular weight excluding hydrogens is 250 g/mol. The molecule has 2 rings (SSSR count). The van der Waals surface area contributed by atoms with E-state index in [4.69, 9.17) is 21.6 Å². The Balaban J connectivity index is 2.62. The zero-order valence-electron chi connectivity index (χ0n) is 10.4. The van der Waals surface area contributed by atoms with Gasteiger partial charge >= 0.3 is 0 Å². The highest BCUT2D eigenvalue weighted by atomic mass is 35.5. The van der Waals surface area contributed by atoms with Crippen LogP contribution in [0.4, 0.5) is 0 Å². The van der Waals surface area contributed by atoms with Gasteiger partial charge in [0, 0.05) is 5.56 Å². The summed E-state index contributed by atoms with van der Waals surface area (Å²) in [5, 5.41) is 19.4. The third-order valence-corrected chi connectivity index (χ3v) is 3.56. The fourth-order valence-corrected chi connectivity index (χ4v) is 2.81. The van der Waals surface area contributed by atoms with Gasteiger partial charge in [-0.1, -0.05) is 11.6 Å². The van der Waals surface area contributed by atoms with Gasteiger partial charge in [-0.05, 0) is 49.8 Å². The Morgan fingerprint density at radius 2 is 2.22 bits per heavy atom. The van der Waals surface area contributed by atoms with Crippen LogP contribution in [-0.2, 0) is 12.8 Å². The van der Waals surface area contributed by atoms with Crippen LogP contribution in [0.15, 0.2) is 6.07 Å². The quantitative estimate of drug-likeness (QED) is 0.854. The summed E-state index contributed by atoms with van der Waals surface area (Å²) in [6.07, 6.45) is 2.86. The second-order valence-corrected chi connectivity index (χ2v) is 4.82. The van der Waals surface area contributed by atoms with Crippen LogP contribution in [0, 0.1) is 11.3 Å². The lowest BCUT2D eigenvalue weighted by molar-refractivity contribution is 0.224. The van der Waals surface area contributed by atoms with E-state index < -0.39 is 6.10 Å². The van der Waals surface area contributed by atoms with Crippen molar-refractivity contribution < 1.29 is 9.84 Å². The van der Waals surface area contributed by atoms with Crippen LogP contribution >= 0.6 is 11.6 Å². The van der Waals surface area contributed by atoms with E-state index in [9.17, 15) is 5.11 Å². The number of nitriles is 1. The maximum atomic E-state index is 9.92. The first-order valence-corrected chi connectivity index (χ1v) is 6.61. The average molecular weight is 266 g/mol. The number of hydrogen-bond acceptors (Lipinski definition) is 3. The second-order valence-electron chi connectivity index (χ2n) is 4.41. The van der Waals surface area contributed by atoms with Gasteiger partial charge in [-0.15, -0.1) is 0 Å². The van der Waals surface area contributed by atoms with Crippen molar-refractivity contribution in [2.24, 2.45) is 0 Å². The SMILES string of the molecule is CCOc1c(Cl)cc2c(c1C(O)C#N)CCCC2. The number of benzene rings is 1. The van der Waals surface area contributed by atoms with Crippen LogP contribution in [-0.4, -0.2) is 11.7 Å². The molecule has 18 heavy (non-hydrogen) atoms. The maximum absolute atomic E-state index is 9.92. The van der Waals surface area contributed by atoms with Crippen molar-refractivity contribution in [1.82, 2.24) is 0 Å². The molecule has 1 aliphatic carbocycles. The topological polar surface area (TPSA) is 53.2 Å². The molecule has 0 bridgehead atoms. The van der Waals surface area contributed by atoms with Crippen molar-refractivity contribution in [2.75, 3.05) is 6.61 Å². The molecule has 0 spiro atoms. The summed E-state index contributed by atoms with van der Waals surface area (Å²) in [4.78, 5) is 0. The third-order valence-electron chi connectivity index (χ3n) is 3.28. The third kappa shape index (κ3) is 2.31. The summed E-state index contributed by atoms with van der Waals surface area (Å²) in [6, 6.07) is 3.79. The Morgan fingerprint density at radius 3 is 2.89 bits per heavy atom. The normalized spacial score (nSPS) is 15.7. The Bertz CT molecular complexity index is 494.